The Morgan fingerprint density at radius 1 is 1.24 bits per heavy atom. The van der Waals surface area contributed by atoms with Crippen LogP contribution < -0.4 is 0 Å². The predicted molar refractivity (Wildman–Crippen MR) is 98.5 cm³/mol. The first kappa shape index (κ1) is 15.9. The van der Waals surface area contributed by atoms with Gasteiger partial charge in [-0.1, -0.05) is 36.4 Å². The molecule has 3 aromatic rings. The molecule has 1 aromatic heterocycles. The number of nitrogens with one attached hydrogen (secondary N) is 1. The molecule has 1 aliphatic heterocycles. The third-order valence-corrected chi connectivity index (χ3v) is 5.09. The van der Waals surface area contributed by atoms with Crippen LogP contribution in [0.4, 0.5) is 0 Å². The van der Waals surface area contributed by atoms with Crippen molar-refractivity contribution in [2.75, 3.05) is 13.7 Å². The molecular formula is C21H22N2O2. The predicted octanol–water partition coefficient (Wildman–Crippen LogP) is 4.29. The van der Waals surface area contributed by atoms with Gasteiger partial charge >= 0.3 is 5.97 Å². The van der Waals surface area contributed by atoms with Gasteiger partial charge in [0.05, 0.1) is 12.7 Å². The van der Waals surface area contributed by atoms with Crippen LogP contribution in [-0.4, -0.2) is 29.5 Å². The maximum Gasteiger partial charge on any atom is 0.337 e. The van der Waals surface area contributed by atoms with Crippen LogP contribution in [-0.2, 0) is 11.3 Å². The number of aromatic nitrogens is 1. The number of aromatic amines is 1. The zero-order chi connectivity index (χ0) is 17.2. The molecule has 0 radical (unpaired) electrons. The van der Waals surface area contributed by atoms with E-state index in [1.54, 1.807) is 0 Å². The molecule has 0 bridgehead atoms. The first-order valence-electron chi connectivity index (χ1n) is 8.73. The Kier molecular flexibility index (Phi) is 4.28. The number of fused-ring (bicyclic) bond motifs is 1. The third-order valence-electron chi connectivity index (χ3n) is 5.09. The fourth-order valence-corrected chi connectivity index (χ4v) is 3.85. The van der Waals surface area contributed by atoms with E-state index in [-0.39, 0.29) is 5.97 Å². The number of carbonyl (C=O) groups excluding carboxylic acids is 1. The summed E-state index contributed by atoms with van der Waals surface area (Å²) >= 11 is 0. The second-order valence-corrected chi connectivity index (χ2v) is 6.61. The molecule has 1 unspecified atom stereocenters. The van der Waals surface area contributed by atoms with E-state index >= 15 is 0 Å². The van der Waals surface area contributed by atoms with E-state index < -0.39 is 0 Å². The molecule has 0 aliphatic carbocycles. The maximum atomic E-state index is 11.7. The van der Waals surface area contributed by atoms with Crippen LogP contribution in [0.2, 0.25) is 0 Å². The van der Waals surface area contributed by atoms with Gasteiger partial charge in [0.2, 0.25) is 0 Å². The summed E-state index contributed by atoms with van der Waals surface area (Å²) in [6.07, 6.45) is 4.47. The molecule has 4 heteroatoms. The highest BCUT2D eigenvalue weighted by atomic mass is 16.5. The summed E-state index contributed by atoms with van der Waals surface area (Å²) in [6, 6.07) is 16.8. The van der Waals surface area contributed by atoms with Gasteiger partial charge in [0.1, 0.15) is 0 Å². The molecule has 0 amide bonds. The summed E-state index contributed by atoms with van der Waals surface area (Å²) in [6.45, 7) is 2.09. The van der Waals surface area contributed by atoms with Crippen LogP contribution in [0.15, 0.2) is 54.7 Å². The Balaban J connectivity index is 1.63. The first-order chi connectivity index (χ1) is 12.3. The Morgan fingerprint density at radius 3 is 2.88 bits per heavy atom. The van der Waals surface area contributed by atoms with Gasteiger partial charge in [-0.2, -0.15) is 0 Å². The SMILES string of the molecule is COC(=O)c1ccc2c(C3CCCN3Cc3ccccc3)c[nH]c2c1. The number of hydrogen-bond donors (Lipinski definition) is 1. The maximum absolute atomic E-state index is 11.7. The molecule has 1 aliphatic rings. The van der Waals surface area contributed by atoms with Crippen LogP contribution in [0.1, 0.15) is 40.4 Å². The number of methoxy groups -OCH3 is 1. The van der Waals surface area contributed by atoms with Gasteiger partial charge < -0.3 is 9.72 Å². The second kappa shape index (κ2) is 6.73. The minimum absolute atomic E-state index is 0.301. The normalized spacial score (nSPS) is 17.9. The van der Waals surface area contributed by atoms with Crippen LogP contribution in [0.5, 0.6) is 0 Å². The molecule has 2 aromatic carbocycles. The fourth-order valence-electron chi connectivity index (χ4n) is 3.85. The third kappa shape index (κ3) is 3.05. The quantitative estimate of drug-likeness (QED) is 0.724. The van der Waals surface area contributed by atoms with Crippen LogP contribution in [0.3, 0.4) is 0 Å². The highest BCUT2D eigenvalue weighted by molar-refractivity contribution is 5.95. The van der Waals surface area contributed by atoms with Crippen LogP contribution >= 0.6 is 0 Å². The summed E-state index contributed by atoms with van der Waals surface area (Å²) in [5.41, 5.74) is 4.24. The van der Waals surface area contributed by atoms with Crippen molar-refractivity contribution in [1.29, 1.82) is 0 Å². The summed E-state index contributed by atoms with van der Waals surface area (Å²) in [4.78, 5) is 17.6. The van der Waals surface area contributed by atoms with E-state index in [1.165, 1.54) is 36.5 Å². The molecule has 4 nitrogen and oxygen atoms in total. The summed E-state index contributed by atoms with van der Waals surface area (Å²) < 4.78 is 4.81. The van der Waals surface area contributed by atoms with Gasteiger partial charge in [-0.3, -0.25) is 4.90 Å². The van der Waals surface area contributed by atoms with Crippen molar-refractivity contribution >= 4 is 16.9 Å². The average Bonchev–Trinajstić information content (AvgIpc) is 3.27. The van der Waals surface area contributed by atoms with Crippen molar-refractivity contribution in [2.24, 2.45) is 0 Å². The minimum atomic E-state index is -0.301. The molecule has 1 N–H and O–H groups in total. The minimum Gasteiger partial charge on any atom is -0.465 e. The zero-order valence-electron chi connectivity index (χ0n) is 14.4. The highest BCUT2D eigenvalue weighted by Crippen LogP contribution is 2.37. The second-order valence-electron chi connectivity index (χ2n) is 6.61. The highest BCUT2D eigenvalue weighted by Gasteiger charge is 2.28. The monoisotopic (exact) mass is 334 g/mol. The van der Waals surface area contributed by atoms with Gasteiger partial charge in [0, 0.05) is 29.7 Å². The van der Waals surface area contributed by atoms with E-state index in [4.69, 9.17) is 4.74 Å². The number of nitrogens with zero attached hydrogens (tertiary/aromatic N) is 1. The molecule has 1 atom stereocenters. The lowest BCUT2D eigenvalue weighted by molar-refractivity contribution is 0.0601. The lowest BCUT2D eigenvalue weighted by Crippen LogP contribution is -2.22. The molecule has 1 saturated heterocycles. The number of carbonyl (C=O) groups is 1. The largest absolute Gasteiger partial charge is 0.465 e. The number of benzene rings is 2. The van der Waals surface area contributed by atoms with Gasteiger partial charge in [0.15, 0.2) is 0 Å². The molecule has 128 valence electrons. The molecule has 25 heavy (non-hydrogen) atoms. The molecule has 1 fully saturated rings. The Bertz CT molecular complexity index is 885. The molecular weight excluding hydrogens is 312 g/mol. The number of ether oxygens (including phenoxy) is 1. The van der Waals surface area contributed by atoms with E-state index in [2.05, 4.69) is 46.4 Å². The van der Waals surface area contributed by atoms with Crippen molar-refractivity contribution in [3.05, 3.63) is 71.4 Å². The lowest BCUT2D eigenvalue weighted by Gasteiger charge is -2.24. The Morgan fingerprint density at radius 2 is 2.08 bits per heavy atom. The number of H-pyrrole nitrogens is 1. The summed E-state index contributed by atoms with van der Waals surface area (Å²) in [5, 5.41) is 1.19. The summed E-state index contributed by atoms with van der Waals surface area (Å²) in [7, 11) is 1.41. The van der Waals surface area contributed by atoms with E-state index in [0.717, 1.165) is 18.6 Å². The van der Waals surface area contributed by atoms with Crippen LogP contribution in [0, 0.1) is 0 Å². The van der Waals surface area contributed by atoms with Crippen molar-refractivity contribution in [1.82, 2.24) is 9.88 Å². The van der Waals surface area contributed by atoms with Crippen molar-refractivity contribution in [3.8, 4) is 0 Å². The topological polar surface area (TPSA) is 45.3 Å². The number of esters is 1. The lowest BCUT2D eigenvalue weighted by atomic mass is 10.0. The van der Waals surface area contributed by atoms with Crippen LogP contribution in [0.25, 0.3) is 10.9 Å². The smallest absolute Gasteiger partial charge is 0.337 e. The number of hydrogen-bond acceptors (Lipinski definition) is 3. The van der Waals surface area contributed by atoms with Gasteiger partial charge in [-0.05, 0) is 42.6 Å². The molecule has 0 saturated carbocycles. The van der Waals surface area contributed by atoms with Gasteiger partial charge in [0.25, 0.3) is 0 Å². The zero-order valence-corrected chi connectivity index (χ0v) is 14.4. The number of rotatable bonds is 4. The van der Waals surface area contributed by atoms with Gasteiger partial charge in [-0.15, -0.1) is 0 Å². The standard InChI is InChI=1S/C21H22N2O2/c1-25-21(24)16-9-10-17-18(13-22-19(17)12-16)20-8-5-11-23(20)14-15-6-3-2-4-7-15/h2-4,6-7,9-10,12-13,20,22H,5,8,11,14H2,1H3. The van der Waals surface area contributed by atoms with E-state index in [1.807, 2.05) is 18.2 Å². The number of likely N-dealkylation sites (tertiary alicyclic amines) is 1. The molecule has 4 rings (SSSR count). The molecule has 2 heterocycles. The van der Waals surface area contributed by atoms with Crippen molar-refractivity contribution < 1.29 is 9.53 Å². The van der Waals surface area contributed by atoms with Crippen molar-refractivity contribution in [3.63, 3.8) is 0 Å². The van der Waals surface area contributed by atoms with Gasteiger partial charge in [-0.25, -0.2) is 4.79 Å². The van der Waals surface area contributed by atoms with E-state index in [0.29, 0.717) is 11.6 Å². The average molecular weight is 334 g/mol. The molecule has 0 spiro atoms. The first-order valence-corrected chi connectivity index (χ1v) is 8.73. The van der Waals surface area contributed by atoms with E-state index in [9.17, 15) is 4.79 Å². The Labute approximate surface area is 147 Å². The Hall–Kier alpha value is -2.59. The fraction of sp³-hybridized carbons (Fsp3) is 0.286. The summed E-state index contributed by atoms with van der Waals surface area (Å²) in [5.74, 6) is -0.301. The van der Waals surface area contributed by atoms with Crippen molar-refractivity contribution in [2.45, 2.75) is 25.4 Å².